The summed E-state index contributed by atoms with van der Waals surface area (Å²) in [7, 11) is 0. The topological polar surface area (TPSA) is 33.1 Å². The molecule has 0 aliphatic carbocycles. The van der Waals surface area contributed by atoms with Gasteiger partial charge in [-0.15, -0.1) is 0 Å². The standard InChI is InChI=1S/C18H16ClNO/c1-18(21,12-13-4-8-16(19)9-5-13)15-7-6-14-3-2-10-20-17(14)11-15/h2-11,21H,12H2,1H3. The molecular formula is C18H16ClNO. The van der Waals surface area contributed by atoms with Crippen molar-refractivity contribution in [3.8, 4) is 0 Å². The third kappa shape index (κ3) is 3.07. The zero-order valence-electron chi connectivity index (χ0n) is 11.8. The van der Waals surface area contributed by atoms with Crippen LogP contribution in [-0.2, 0) is 12.0 Å². The van der Waals surface area contributed by atoms with Crippen molar-refractivity contribution in [3.63, 3.8) is 0 Å². The van der Waals surface area contributed by atoms with Crippen LogP contribution in [0, 0.1) is 0 Å². The van der Waals surface area contributed by atoms with Gasteiger partial charge in [0, 0.05) is 23.0 Å². The predicted octanol–water partition coefficient (Wildman–Crippen LogP) is 4.34. The van der Waals surface area contributed by atoms with E-state index in [1.165, 1.54) is 0 Å². The molecule has 106 valence electrons. The van der Waals surface area contributed by atoms with Gasteiger partial charge in [0.15, 0.2) is 0 Å². The molecule has 0 aliphatic rings. The molecular weight excluding hydrogens is 282 g/mol. The molecule has 0 amide bonds. The smallest absolute Gasteiger partial charge is 0.0909 e. The Kier molecular flexibility index (Phi) is 3.66. The fourth-order valence-corrected chi connectivity index (χ4v) is 2.63. The summed E-state index contributed by atoms with van der Waals surface area (Å²) in [5.41, 5.74) is 1.86. The Labute approximate surface area is 129 Å². The van der Waals surface area contributed by atoms with Crippen LogP contribution >= 0.6 is 11.6 Å². The Hall–Kier alpha value is -1.90. The molecule has 1 heterocycles. The molecule has 0 saturated heterocycles. The summed E-state index contributed by atoms with van der Waals surface area (Å²) in [5.74, 6) is 0. The van der Waals surface area contributed by atoms with Gasteiger partial charge in [0.2, 0.25) is 0 Å². The molecule has 0 radical (unpaired) electrons. The molecule has 1 aromatic heterocycles. The number of nitrogens with zero attached hydrogens (tertiary/aromatic N) is 1. The Balaban J connectivity index is 1.93. The first-order valence-electron chi connectivity index (χ1n) is 6.87. The van der Waals surface area contributed by atoms with Crippen LogP contribution in [0.2, 0.25) is 5.02 Å². The molecule has 21 heavy (non-hydrogen) atoms. The normalized spacial score (nSPS) is 14.0. The molecule has 0 spiro atoms. The lowest BCUT2D eigenvalue weighted by molar-refractivity contribution is 0.0577. The van der Waals surface area contributed by atoms with Gasteiger partial charge in [-0.2, -0.15) is 0 Å². The van der Waals surface area contributed by atoms with Crippen LogP contribution in [-0.4, -0.2) is 10.1 Å². The van der Waals surface area contributed by atoms with Crippen molar-refractivity contribution >= 4 is 22.5 Å². The third-order valence-corrected chi connectivity index (χ3v) is 3.94. The van der Waals surface area contributed by atoms with Crippen LogP contribution in [0.25, 0.3) is 10.9 Å². The second-order valence-corrected chi connectivity index (χ2v) is 5.92. The number of hydrogen-bond acceptors (Lipinski definition) is 2. The first-order chi connectivity index (χ1) is 10.0. The Bertz CT molecular complexity index is 766. The second-order valence-electron chi connectivity index (χ2n) is 5.49. The second kappa shape index (κ2) is 5.47. The van der Waals surface area contributed by atoms with E-state index in [1.54, 1.807) is 6.20 Å². The number of rotatable bonds is 3. The van der Waals surface area contributed by atoms with E-state index in [2.05, 4.69) is 4.98 Å². The monoisotopic (exact) mass is 297 g/mol. The highest BCUT2D eigenvalue weighted by Crippen LogP contribution is 2.28. The van der Waals surface area contributed by atoms with E-state index in [9.17, 15) is 5.11 Å². The van der Waals surface area contributed by atoms with Gasteiger partial charge in [-0.25, -0.2) is 0 Å². The van der Waals surface area contributed by atoms with Crippen molar-refractivity contribution in [1.29, 1.82) is 0 Å². The third-order valence-electron chi connectivity index (χ3n) is 3.69. The van der Waals surface area contributed by atoms with Crippen LogP contribution < -0.4 is 0 Å². The maximum absolute atomic E-state index is 10.8. The molecule has 3 rings (SSSR count). The van der Waals surface area contributed by atoms with Gasteiger partial charge in [-0.3, -0.25) is 4.98 Å². The van der Waals surface area contributed by atoms with Gasteiger partial charge in [0.1, 0.15) is 0 Å². The van der Waals surface area contributed by atoms with Crippen molar-refractivity contribution in [2.24, 2.45) is 0 Å². The zero-order chi connectivity index (χ0) is 14.9. The number of pyridine rings is 1. The molecule has 1 atom stereocenters. The number of fused-ring (bicyclic) bond motifs is 1. The fraction of sp³-hybridized carbons (Fsp3) is 0.167. The summed E-state index contributed by atoms with van der Waals surface area (Å²) < 4.78 is 0. The van der Waals surface area contributed by atoms with Crippen LogP contribution in [0.4, 0.5) is 0 Å². The zero-order valence-corrected chi connectivity index (χ0v) is 12.5. The number of aromatic nitrogens is 1. The molecule has 3 heteroatoms. The Morgan fingerprint density at radius 1 is 1.10 bits per heavy atom. The fourth-order valence-electron chi connectivity index (χ4n) is 2.50. The van der Waals surface area contributed by atoms with Crippen molar-refractivity contribution in [2.75, 3.05) is 0 Å². The van der Waals surface area contributed by atoms with Gasteiger partial charge in [0.25, 0.3) is 0 Å². The molecule has 3 aromatic rings. The molecule has 0 saturated carbocycles. The molecule has 0 bridgehead atoms. The van der Waals surface area contributed by atoms with Crippen molar-refractivity contribution < 1.29 is 5.11 Å². The first-order valence-corrected chi connectivity index (χ1v) is 7.24. The van der Waals surface area contributed by atoms with E-state index in [0.717, 1.165) is 22.0 Å². The molecule has 2 nitrogen and oxygen atoms in total. The van der Waals surface area contributed by atoms with Gasteiger partial charge >= 0.3 is 0 Å². The predicted molar refractivity (Wildman–Crippen MR) is 86.5 cm³/mol. The van der Waals surface area contributed by atoms with E-state index < -0.39 is 5.60 Å². The molecule has 0 fully saturated rings. The minimum atomic E-state index is -0.945. The highest BCUT2D eigenvalue weighted by atomic mass is 35.5. The van der Waals surface area contributed by atoms with Crippen molar-refractivity contribution in [2.45, 2.75) is 18.9 Å². The average molecular weight is 298 g/mol. The first kappa shape index (κ1) is 14.1. The largest absolute Gasteiger partial charge is 0.385 e. The molecule has 2 aromatic carbocycles. The SMILES string of the molecule is CC(O)(Cc1ccc(Cl)cc1)c1ccc2cccnc2c1. The minimum absolute atomic E-state index is 0.530. The van der Waals surface area contributed by atoms with Crippen LogP contribution in [0.15, 0.2) is 60.8 Å². The summed E-state index contributed by atoms with van der Waals surface area (Å²) in [5, 5.41) is 12.6. The summed E-state index contributed by atoms with van der Waals surface area (Å²) in [6, 6.07) is 17.4. The summed E-state index contributed by atoms with van der Waals surface area (Å²) in [6.07, 6.45) is 2.29. The Morgan fingerprint density at radius 2 is 1.86 bits per heavy atom. The number of benzene rings is 2. The van der Waals surface area contributed by atoms with Gasteiger partial charge in [-0.1, -0.05) is 41.9 Å². The summed E-state index contributed by atoms with van der Waals surface area (Å²) in [6.45, 7) is 1.83. The van der Waals surface area contributed by atoms with E-state index in [0.29, 0.717) is 11.4 Å². The van der Waals surface area contributed by atoms with Gasteiger partial charge in [0.05, 0.1) is 11.1 Å². The highest BCUT2D eigenvalue weighted by Gasteiger charge is 2.23. The van der Waals surface area contributed by atoms with E-state index in [4.69, 9.17) is 11.6 Å². The van der Waals surface area contributed by atoms with Crippen LogP contribution in [0.5, 0.6) is 0 Å². The van der Waals surface area contributed by atoms with E-state index >= 15 is 0 Å². The lowest BCUT2D eigenvalue weighted by atomic mass is 9.88. The van der Waals surface area contributed by atoms with Gasteiger partial charge in [-0.05, 0) is 42.3 Å². The maximum atomic E-state index is 10.8. The average Bonchev–Trinajstić information content (AvgIpc) is 2.49. The lowest BCUT2D eigenvalue weighted by Crippen LogP contribution is -2.24. The number of aliphatic hydroxyl groups is 1. The van der Waals surface area contributed by atoms with Crippen molar-refractivity contribution in [1.82, 2.24) is 4.98 Å². The van der Waals surface area contributed by atoms with E-state index in [-0.39, 0.29) is 0 Å². The van der Waals surface area contributed by atoms with Crippen molar-refractivity contribution in [3.05, 3.63) is 76.9 Å². The number of halogens is 1. The lowest BCUT2D eigenvalue weighted by Gasteiger charge is -2.24. The highest BCUT2D eigenvalue weighted by molar-refractivity contribution is 6.30. The summed E-state index contributed by atoms with van der Waals surface area (Å²) in [4.78, 5) is 4.35. The van der Waals surface area contributed by atoms with E-state index in [1.807, 2.05) is 61.5 Å². The van der Waals surface area contributed by atoms with Crippen LogP contribution in [0.1, 0.15) is 18.1 Å². The maximum Gasteiger partial charge on any atom is 0.0909 e. The molecule has 0 aliphatic heterocycles. The van der Waals surface area contributed by atoms with Gasteiger partial charge < -0.3 is 5.11 Å². The summed E-state index contributed by atoms with van der Waals surface area (Å²) >= 11 is 5.89. The quantitative estimate of drug-likeness (QED) is 0.780. The molecule has 1 unspecified atom stereocenters. The molecule has 1 N–H and O–H groups in total. The number of hydrogen-bond donors (Lipinski definition) is 1. The minimum Gasteiger partial charge on any atom is -0.385 e. The van der Waals surface area contributed by atoms with Crippen LogP contribution in [0.3, 0.4) is 0 Å². The Morgan fingerprint density at radius 3 is 2.62 bits per heavy atom.